The van der Waals surface area contributed by atoms with Crippen molar-refractivity contribution in [1.82, 2.24) is 4.90 Å². The molecule has 17 heavy (non-hydrogen) atoms. The van der Waals surface area contributed by atoms with Crippen LogP contribution in [0.3, 0.4) is 0 Å². The second kappa shape index (κ2) is 5.67. The summed E-state index contributed by atoms with van der Waals surface area (Å²) in [5, 5.41) is 0.799. The van der Waals surface area contributed by atoms with Crippen molar-refractivity contribution in [2.75, 3.05) is 14.1 Å². The number of hydrogen-bond acceptors (Lipinski definition) is 2. The van der Waals surface area contributed by atoms with Crippen LogP contribution in [-0.4, -0.2) is 19.0 Å². The minimum absolute atomic E-state index is 0.799. The largest absolute Gasteiger partial charge is 0.304 e. The van der Waals surface area contributed by atoms with E-state index < -0.39 is 0 Å². The zero-order valence-corrected chi connectivity index (χ0v) is 11.7. The summed E-state index contributed by atoms with van der Waals surface area (Å²) >= 11 is 7.76. The quantitative estimate of drug-likeness (QED) is 0.806. The van der Waals surface area contributed by atoms with Crippen molar-refractivity contribution >= 4 is 22.9 Å². The number of hydrogen-bond donors (Lipinski definition) is 0. The Kier molecular flexibility index (Phi) is 4.21. The minimum Gasteiger partial charge on any atom is -0.304 e. The van der Waals surface area contributed by atoms with E-state index in [4.69, 9.17) is 11.6 Å². The van der Waals surface area contributed by atoms with Crippen molar-refractivity contribution in [3.8, 4) is 0 Å². The second-order valence-corrected chi connectivity index (χ2v) is 6.10. The Morgan fingerprint density at radius 1 is 1.00 bits per heavy atom. The lowest BCUT2D eigenvalue weighted by atomic mass is 10.1. The van der Waals surface area contributed by atoms with E-state index in [2.05, 4.69) is 43.3 Å². The molecule has 0 N–H and O–H groups in total. The van der Waals surface area contributed by atoms with Crippen LogP contribution in [0, 0.1) is 0 Å². The highest BCUT2D eigenvalue weighted by atomic mass is 35.5. The van der Waals surface area contributed by atoms with Gasteiger partial charge in [-0.1, -0.05) is 23.7 Å². The summed E-state index contributed by atoms with van der Waals surface area (Å²) < 4.78 is 0. The van der Waals surface area contributed by atoms with Gasteiger partial charge in [0, 0.05) is 27.7 Å². The van der Waals surface area contributed by atoms with Crippen LogP contribution >= 0.6 is 22.9 Å². The van der Waals surface area contributed by atoms with Gasteiger partial charge in [0.05, 0.1) is 0 Å². The van der Waals surface area contributed by atoms with Gasteiger partial charge in [0.1, 0.15) is 0 Å². The number of benzene rings is 1. The van der Waals surface area contributed by atoms with Crippen LogP contribution in [0.15, 0.2) is 36.4 Å². The van der Waals surface area contributed by atoms with Crippen molar-refractivity contribution in [2.24, 2.45) is 0 Å². The van der Waals surface area contributed by atoms with Gasteiger partial charge in [0.2, 0.25) is 0 Å². The minimum atomic E-state index is 0.799. The molecule has 0 saturated carbocycles. The molecule has 90 valence electrons. The molecule has 0 amide bonds. The average molecular weight is 266 g/mol. The highest BCUT2D eigenvalue weighted by Crippen LogP contribution is 2.21. The fourth-order valence-electron chi connectivity index (χ4n) is 1.72. The van der Waals surface area contributed by atoms with E-state index in [1.807, 2.05) is 23.5 Å². The maximum atomic E-state index is 5.87. The summed E-state index contributed by atoms with van der Waals surface area (Å²) in [6.45, 7) is 1.02. The zero-order chi connectivity index (χ0) is 12.3. The summed E-state index contributed by atoms with van der Waals surface area (Å²) in [7, 11) is 4.19. The maximum Gasteiger partial charge on any atom is 0.0406 e. The molecule has 1 nitrogen and oxygen atoms in total. The molecule has 0 unspecified atom stereocenters. The Bertz CT molecular complexity index is 473. The van der Waals surface area contributed by atoms with E-state index in [-0.39, 0.29) is 0 Å². The van der Waals surface area contributed by atoms with Gasteiger partial charge in [0.15, 0.2) is 0 Å². The van der Waals surface area contributed by atoms with Crippen LogP contribution in [0.5, 0.6) is 0 Å². The summed E-state index contributed by atoms with van der Waals surface area (Å²) in [5.41, 5.74) is 1.31. The number of thiophene rings is 1. The fourth-order valence-corrected chi connectivity index (χ4v) is 3.01. The van der Waals surface area contributed by atoms with Gasteiger partial charge in [0.25, 0.3) is 0 Å². The molecular weight excluding hydrogens is 250 g/mol. The first-order chi connectivity index (χ1) is 8.13. The summed E-state index contributed by atoms with van der Waals surface area (Å²) in [6, 6.07) is 12.5. The predicted molar refractivity (Wildman–Crippen MR) is 76.0 cm³/mol. The lowest BCUT2D eigenvalue weighted by molar-refractivity contribution is 0.406. The Labute approximate surface area is 112 Å². The summed E-state index contributed by atoms with van der Waals surface area (Å²) in [6.07, 6.45) is 0.995. The third kappa shape index (κ3) is 3.84. The van der Waals surface area contributed by atoms with Crippen LogP contribution in [0.1, 0.15) is 15.3 Å². The second-order valence-electron chi connectivity index (χ2n) is 4.41. The van der Waals surface area contributed by atoms with E-state index in [9.17, 15) is 0 Å². The van der Waals surface area contributed by atoms with Crippen molar-refractivity contribution in [2.45, 2.75) is 13.0 Å². The Balaban J connectivity index is 2.03. The molecule has 1 aromatic heterocycles. The first-order valence-electron chi connectivity index (χ1n) is 5.60. The van der Waals surface area contributed by atoms with Gasteiger partial charge in [-0.15, -0.1) is 11.3 Å². The molecule has 0 atom stereocenters. The van der Waals surface area contributed by atoms with E-state index in [0.717, 1.165) is 18.0 Å². The monoisotopic (exact) mass is 265 g/mol. The average Bonchev–Trinajstić information content (AvgIpc) is 2.68. The SMILES string of the molecule is CN(C)Cc1ccc(Cc2ccc(Cl)cc2)s1. The molecule has 2 rings (SSSR count). The Morgan fingerprint density at radius 3 is 2.29 bits per heavy atom. The van der Waals surface area contributed by atoms with Crippen molar-refractivity contribution in [3.05, 3.63) is 56.7 Å². The van der Waals surface area contributed by atoms with Crippen LogP contribution in [0.25, 0.3) is 0 Å². The molecule has 0 saturated heterocycles. The molecule has 0 fully saturated rings. The molecule has 0 aliphatic carbocycles. The van der Waals surface area contributed by atoms with E-state index in [1.54, 1.807) is 0 Å². The molecule has 2 aromatic rings. The summed E-state index contributed by atoms with van der Waals surface area (Å²) in [5.74, 6) is 0. The number of halogens is 1. The molecule has 0 aliphatic heterocycles. The normalized spacial score (nSPS) is 11.1. The van der Waals surface area contributed by atoms with E-state index >= 15 is 0 Å². The van der Waals surface area contributed by atoms with Gasteiger partial charge in [-0.05, 0) is 43.9 Å². The van der Waals surface area contributed by atoms with Gasteiger partial charge in [-0.25, -0.2) is 0 Å². The molecule has 1 aromatic carbocycles. The van der Waals surface area contributed by atoms with E-state index in [1.165, 1.54) is 15.3 Å². The molecule has 0 spiro atoms. The third-order valence-corrected chi connectivity index (χ3v) is 3.80. The number of nitrogens with zero attached hydrogens (tertiary/aromatic N) is 1. The van der Waals surface area contributed by atoms with Gasteiger partial charge in [-0.3, -0.25) is 0 Å². The van der Waals surface area contributed by atoms with Crippen LogP contribution in [0.2, 0.25) is 5.02 Å². The maximum absolute atomic E-state index is 5.87. The Morgan fingerprint density at radius 2 is 1.65 bits per heavy atom. The van der Waals surface area contributed by atoms with Crippen LogP contribution in [-0.2, 0) is 13.0 Å². The Hall–Kier alpha value is -0.830. The smallest absolute Gasteiger partial charge is 0.0406 e. The molecule has 0 radical (unpaired) electrons. The van der Waals surface area contributed by atoms with Gasteiger partial charge < -0.3 is 4.90 Å². The third-order valence-electron chi connectivity index (χ3n) is 2.48. The standard InChI is InChI=1S/C14H16ClNS/c1-16(2)10-14-8-7-13(17-14)9-11-3-5-12(15)6-4-11/h3-8H,9-10H2,1-2H3. The molecule has 1 heterocycles. The number of rotatable bonds is 4. The van der Waals surface area contributed by atoms with Crippen molar-refractivity contribution in [1.29, 1.82) is 0 Å². The highest BCUT2D eigenvalue weighted by molar-refractivity contribution is 7.12. The van der Waals surface area contributed by atoms with Crippen molar-refractivity contribution < 1.29 is 0 Å². The predicted octanol–water partition coefficient (Wildman–Crippen LogP) is 4.05. The molecular formula is C14H16ClNS. The lowest BCUT2D eigenvalue weighted by Crippen LogP contribution is -2.09. The summed E-state index contributed by atoms with van der Waals surface area (Å²) in [4.78, 5) is 5.01. The molecule has 0 bridgehead atoms. The zero-order valence-electron chi connectivity index (χ0n) is 10.1. The van der Waals surface area contributed by atoms with Crippen molar-refractivity contribution in [3.63, 3.8) is 0 Å². The van der Waals surface area contributed by atoms with Crippen LogP contribution in [0.4, 0.5) is 0 Å². The van der Waals surface area contributed by atoms with Gasteiger partial charge >= 0.3 is 0 Å². The topological polar surface area (TPSA) is 3.24 Å². The lowest BCUT2D eigenvalue weighted by Gasteiger charge is -2.06. The molecule has 3 heteroatoms. The highest BCUT2D eigenvalue weighted by Gasteiger charge is 2.02. The first kappa shape index (κ1) is 12.6. The van der Waals surface area contributed by atoms with E-state index in [0.29, 0.717) is 0 Å². The van der Waals surface area contributed by atoms with Gasteiger partial charge in [-0.2, -0.15) is 0 Å². The first-order valence-corrected chi connectivity index (χ1v) is 6.80. The fraction of sp³-hybridized carbons (Fsp3) is 0.286. The molecule has 0 aliphatic rings. The van der Waals surface area contributed by atoms with Crippen LogP contribution < -0.4 is 0 Å².